The van der Waals surface area contributed by atoms with Crippen molar-refractivity contribution in [2.45, 2.75) is 13.0 Å². The van der Waals surface area contributed by atoms with Crippen LogP contribution in [-0.4, -0.2) is 42.3 Å². The molecule has 1 heterocycles. The van der Waals surface area contributed by atoms with Gasteiger partial charge in [-0.25, -0.2) is 4.39 Å². The van der Waals surface area contributed by atoms with Gasteiger partial charge in [-0.1, -0.05) is 0 Å². The van der Waals surface area contributed by atoms with Crippen molar-refractivity contribution in [3.63, 3.8) is 0 Å². The topological polar surface area (TPSA) is 49.4 Å². The Morgan fingerprint density at radius 2 is 2.11 bits per heavy atom. The van der Waals surface area contributed by atoms with Gasteiger partial charge in [-0.3, -0.25) is 14.5 Å². The van der Waals surface area contributed by atoms with Crippen LogP contribution >= 0.6 is 0 Å². The van der Waals surface area contributed by atoms with Gasteiger partial charge in [0.05, 0.1) is 12.6 Å². The third-order valence-corrected chi connectivity index (χ3v) is 3.14. The second-order valence-corrected chi connectivity index (χ2v) is 4.37. The predicted octanol–water partition coefficient (Wildman–Crippen LogP) is 0.829. The molecule has 0 radical (unpaired) electrons. The first-order chi connectivity index (χ1) is 8.58. The Morgan fingerprint density at radius 3 is 2.78 bits per heavy atom. The largest absolute Gasteiger partial charge is 0.353 e. The number of rotatable bonds is 3. The molecule has 0 saturated carbocycles. The lowest BCUT2D eigenvalue weighted by Gasteiger charge is -2.32. The lowest BCUT2D eigenvalue weighted by molar-refractivity contribution is -0.127. The van der Waals surface area contributed by atoms with Gasteiger partial charge < -0.3 is 5.32 Å². The SMILES string of the molecule is CC1C(=O)NCCN1CC(=O)c1ccc(F)cc1. The van der Waals surface area contributed by atoms with Crippen molar-refractivity contribution in [2.24, 2.45) is 0 Å². The zero-order chi connectivity index (χ0) is 13.1. The summed E-state index contributed by atoms with van der Waals surface area (Å²) in [6, 6.07) is 5.15. The maximum atomic E-state index is 12.7. The number of carbonyl (C=O) groups is 2. The number of hydrogen-bond acceptors (Lipinski definition) is 3. The molecule has 1 aromatic carbocycles. The number of nitrogens with zero attached hydrogens (tertiary/aromatic N) is 1. The van der Waals surface area contributed by atoms with E-state index in [1.54, 1.807) is 6.92 Å². The number of Topliss-reactive ketones (excluding diaryl/α,β-unsaturated/α-hetero) is 1. The van der Waals surface area contributed by atoms with E-state index in [1.807, 2.05) is 4.90 Å². The molecule has 1 aromatic rings. The van der Waals surface area contributed by atoms with Crippen LogP contribution in [0.4, 0.5) is 4.39 Å². The molecule has 0 bridgehead atoms. The summed E-state index contributed by atoms with van der Waals surface area (Å²) in [6.07, 6.45) is 0. The van der Waals surface area contributed by atoms with Crippen LogP contribution in [0.2, 0.25) is 0 Å². The van der Waals surface area contributed by atoms with Crippen molar-refractivity contribution in [1.82, 2.24) is 10.2 Å². The maximum absolute atomic E-state index is 12.7. The minimum atomic E-state index is -0.364. The molecule has 1 atom stereocenters. The van der Waals surface area contributed by atoms with Crippen molar-refractivity contribution in [3.8, 4) is 0 Å². The number of halogens is 1. The summed E-state index contributed by atoms with van der Waals surface area (Å²) in [5.74, 6) is -0.526. The van der Waals surface area contributed by atoms with Crippen molar-refractivity contribution in [3.05, 3.63) is 35.6 Å². The molecule has 2 rings (SSSR count). The molecule has 96 valence electrons. The fraction of sp³-hybridized carbons (Fsp3) is 0.385. The first-order valence-electron chi connectivity index (χ1n) is 5.88. The molecule has 1 aliphatic heterocycles. The smallest absolute Gasteiger partial charge is 0.237 e. The Bertz CT molecular complexity index is 459. The maximum Gasteiger partial charge on any atom is 0.237 e. The average molecular weight is 250 g/mol. The van der Waals surface area contributed by atoms with Gasteiger partial charge in [-0.15, -0.1) is 0 Å². The zero-order valence-corrected chi connectivity index (χ0v) is 10.1. The van der Waals surface area contributed by atoms with Gasteiger partial charge in [0, 0.05) is 18.7 Å². The van der Waals surface area contributed by atoms with Gasteiger partial charge in [0.1, 0.15) is 5.82 Å². The summed E-state index contributed by atoms with van der Waals surface area (Å²) < 4.78 is 12.7. The highest BCUT2D eigenvalue weighted by atomic mass is 19.1. The molecule has 1 N–H and O–H groups in total. The van der Waals surface area contributed by atoms with E-state index >= 15 is 0 Å². The average Bonchev–Trinajstić information content (AvgIpc) is 2.36. The van der Waals surface area contributed by atoms with Crippen LogP contribution in [-0.2, 0) is 4.79 Å². The van der Waals surface area contributed by atoms with Gasteiger partial charge >= 0.3 is 0 Å². The van der Waals surface area contributed by atoms with E-state index in [9.17, 15) is 14.0 Å². The lowest BCUT2D eigenvalue weighted by Crippen LogP contribution is -2.55. The number of hydrogen-bond donors (Lipinski definition) is 1. The van der Waals surface area contributed by atoms with E-state index in [1.165, 1.54) is 24.3 Å². The molecular weight excluding hydrogens is 235 g/mol. The minimum absolute atomic E-state index is 0.0619. The number of carbonyl (C=O) groups excluding carboxylic acids is 2. The first kappa shape index (κ1) is 12.7. The Kier molecular flexibility index (Phi) is 3.72. The van der Waals surface area contributed by atoms with Gasteiger partial charge in [0.2, 0.25) is 5.91 Å². The molecule has 1 amide bonds. The quantitative estimate of drug-likeness (QED) is 0.808. The summed E-state index contributed by atoms with van der Waals surface area (Å²) in [7, 11) is 0. The van der Waals surface area contributed by atoms with Crippen molar-refractivity contribution in [2.75, 3.05) is 19.6 Å². The second-order valence-electron chi connectivity index (χ2n) is 4.37. The van der Waals surface area contributed by atoms with Crippen LogP contribution in [0, 0.1) is 5.82 Å². The van der Waals surface area contributed by atoms with Crippen molar-refractivity contribution < 1.29 is 14.0 Å². The van der Waals surface area contributed by atoms with Crippen LogP contribution in [0.1, 0.15) is 17.3 Å². The molecule has 1 saturated heterocycles. The molecule has 0 aliphatic carbocycles. The van der Waals surface area contributed by atoms with Crippen molar-refractivity contribution in [1.29, 1.82) is 0 Å². The van der Waals surface area contributed by atoms with E-state index in [2.05, 4.69) is 5.32 Å². The number of nitrogens with one attached hydrogen (secondary N) is 1. The molecule has 1 fully saturated rings. The molecule has 4 nitrogen and oxygen atoms in total. The summed E-state index contributed by atoms with van der Waals surface area (Å²) in [5, 5.41) is 2.74. The van der Waals surface area contributed by atoms with Crippen molar-refractivity contribution >= 4 is 11.7 Å². The highest BCUT2D eigenvalue weighted by Gasteiger charge is 2.26. The molecule has 0 spiro atoms. The molecule has 1 unspecified atom stereocenters. The molecular formula is C13H15FN2O2. The minimum Gasteiger partial charge on any atom is -0.353 e. The zero-order valence-electron chi connectivity index (χ0n) is 10.1. The van der Waals surface area contributed by atoms with Crippen LogP contribution in [0.5, 0.6) is 0 Å². The summed E-state index contributed by atoms with van der Waals surface area (Å²) >= 11 is 0. The Morgan fingerprint density at radius 1 is 1.44 bits per heavy atom. The third kappa shape index (κ3) is 2.73. The van der Waals surface area contributed by atoms with Crippen LogP contribution in [0.25, 0.3) is 0 Å². The summed E-state index contributed by atoms with van der Waals surface area (Å²) in [6.45, 7) is 3.16. The normalized spacial score (nSPS) is 20.6. The van der Waals surface area contributed by atoms with Crippen LogP contribution in [0.15, 0.2) is 24.3 Å². The number of benzene rings is 1. The molecule has 18 heavy (non-hydrogen) atoms. The van der Waals surface area contributed by atoms with Crippen LogP contribution < -0.4 is 5.32 Å². The lowest BCUT2D eigenvalue weighted by atomic mass is 10.1. The highest BCUT2D eigenvalue weighted by molar-refractivity contribution is 5.98. The monoisotopic (exact) mass is 250 g/mol. The second kappa shape index (κ2) is 5.27. The standard InChI is InChI=1S/C13H15FN2O2/c1-9-13(18)15-6-7-16(9)8-12(17)10-2-4-11(14)5-3-10/h2-5,9H,6-8H2,1H3,(H,15,18). The molecule has 0 aromatic heterocycles. The van der Waals surface area contributed by atoms with Gasteiger partial charge in [0.25, 0.3) is 0 Å². The summed E-state index contributed by atoms with van der Waals surface area (Å²) in [5.41, 5.74) is 0.467. The van der Waals surface area contributed by atoms with Crippen LogP contribution in [0.3, 0.4) is 0 Å². The number of ketones is 1. The van der Waals surface area contributed by atoms with E-state index in [-0.39, 0.29) is 30.1 Å². The van der Waals surface area contributed by atoms with Gasteiger partial charge in [-0.2, -0.15) is 0 Å². The van der Waals surface area contributed by atoms with E-state index in [0.29, 0.717) is 18.7 Å². The van der Waals surface area contributed by atoms with E-state index in [4.69, 9.17) is 0 Å². The van der Waals surface area contributed by atoms with E-state index in [0.717, 1.165) is 0 Å². The number of amides is 1. The van der Waals surface area contributed by atoms with Gasteiger partial charge in [0.15, 0.2) is 5.78 Å². The molecule has 1 aliphatic rings. The summed E-state index contributed by atoms with van der Waals surface area (Å²) in [4.78, 5) is 25.3. The highest BCUT2D eigenvalue weighted by Crippen LogP contribution is 2.08. The Balaban J connectivity index is 2.02. The Hall–Kier alpha value is -1.75. The third-order valence-electron chi connectivity index (χ3n) is 3.14. The predicted molar refractivity (Wildman–Crippen MR) is 64.8 cm³/mol. The van der Waals surface area contributed by atoms with Gasteiger partial charge in [-0.05, 0) is 31.2 Å². The first-order valence-corrected chi connectivity index (χ1v) is 5.88. The Labute approximate surface area is 105 Å². The fourth-order valence-electron chi connectivity index (χ4n) is 1.96. The van der Waals surface area contributed by atoms with E-state index < -0.39 is 0 Å². The molecule has 5 heteroatoms. The number of piperazine rings is 1. The fourth-order valence-corrected chi connectivity index (χ4v) is 1.96.